The van der Waals surface area contributed by atoms with E-state index in [4.69, 9.17) is 26.1 Å². The van der Waals surface area contributed by atoms with Crippen molar-refractivity contribution in [2.75, 3.05) is 31.7 Å². The standard InChI is InChI=1S/C22H22ClN3O4/c1-29-20-13(14-10-15-16(21(27)28)12-24-18(15)11-17(14)23)2-3-19(25-20)26-7-4-22(5-8-26)6-9-30-22/h2-3,10-12,24H,4-9H2,1H3,(H,27,28). The Balaban J connectivity index is 1.50. The number of hydrogen-bond donors (Lipinski definition) is 2. The minimum absolute atomic E-state index is 0.0852. The van der Waals surface area contributed by atoms with E-state index in [0.717, 1.165) is 50.3 Å². The van der Waals surface area contributed by atoms with E-state index in [1.54, 1.807) is 19.2 Å². The molecule has 30 heavy (non-hydrogen) atoms. The molecular formula is C22H22ClN3O4. The molecule has 1 aromatic carbocycles. The number of benzene rings is 1. The van der Waals surface area contributed by atoms with Crippen molar-refractivity contribution >= 4 is 34.3 Å². The van der Waals surface area contributed by atoms with Gasteiger partial charge in [-0.15, -0.1) is 0 Å². The van der Waals surface area contributed by atoms with Crippen LogP contribution >= 0.6 is 11.6 Å². The van der Waals surface area contributed by atoms with Crippen molar-refractivity contribution in [3.05, 3.63) is 41.0 Å². The molecule has 4 heterocycles. The first-order valence-corrected chi connectivity index (χ1v) is 10.4. The Kier molecular flexibility index (Phi) is 4.60. The Morgan fingerprint density at radius 3 is 2.67 bits per heavy atom. The SMILES string of the molecule is COc1nc(N2CCC3(CCO3)CC2)ccc1-c1cc2c(C(=O)O)c[nH]c2cc1Cl. The van der Waals surface area contributed by atoms with E-state index in [1.807, 2.05) is 12.1 Å². The summed E-state index contributed by atoms with van der Waals surface area (Å²) in [4.78, 5) is 21.5. The Labute approximate surface area is 178 Å². The number of ether oxygens (including phenoxy) is 2. The monoisotopic (exact) mass is 427 g/mol. The van der Waals surface area contributed by atoms with Crippen molar-refractivity contribution in [1.29, 1.82) is 0 Å². The van der Waals surface area contributed by atoms with E-state index >= 15 is 0 Å². The number of aromatic amines is 1. The van der Waals surface area contributed by atoms with E-state index in [9.17, 15) is 9.90 Å². The zero-order chi connectivity index (χ0) is 20.9. The van der Waals surface area contributed by atoms with Crippen LogP contribution in [0.15, 0.2) is 30.5 Å². The van der Waals surface area contributed by atoms with Gasteiger partial charge in [0.15, 0.2) is 0 Å². The molecule has 2 aliphatic rings. The van der Waals surface area contributed by atoms with Crippen LogP contribution in [0, 0.1) is 0 Å². The molecule has 0 radical (unpaired) electrons. The smallest absolute Gasteiger partial charge is 0.337 e. The van der Waals surface area contributed by atoms with Gasteiger partial charge >= 0.3 is 5.97 Å². The largest absolute Gasteiger partial charge is 0.480 e. The quantitative estimate of drug-likeness (QED) is 0.643. The van der Waals surface area contributed by atoms with Crippen LogP contribution < -0.4 is 9.64 Å². The first-order chi connectivity index (χ1) is 14.5. The van der Waals surface area contributed by atoms with Gasteiger partial charge < -0.3 is 24.5 Å². The lowest BCUT2D eigenvalue weighted by atomic mass is 9.84. The van der Waals surface area contributed by atoms with E-state index in [0.29, 0.717) is 27.4 Å². The van der Waals surface area contributed by atoms with Crippen molar-refractivity contribution < 1.29 is 19.4 Å². The molecule has 0 aliphatic carbocycles. The van der Waals surface area contributed by atoms with Crippen LogP contribution in [-0.2, 0) is 4.74 Å². The lowest BCUT2D eigenvalue weighted by Crippen LogP contribution is -2.52. The van der Waals surface area contributed by atoms with E-state index in [2.05, 4.69) is 9.88 Å². The van der Waals surface area contributed by atoms with Gasteiger partial charge in [0, 0.05) is 41.3 Å². The zero-order valence-electron chi connectivity index (χ0n) is 16.6. The highest BCUT2D eigenvalue weighted by atomic mass is 35.5. The van der Waals surface area contributed by atoms with Gasteiger partial charge in [-0.25, -0.2) is 4.79 Å². The predicted octanol–water partition coefficient (Wildman–Crippen LogP) is 4.35. The first-order valence-electron chi connectivity index (χ1n) is 9.98. The van der Waals surface area contributed by atoms with Crippen LogP contribution in [0.5, 0.6) is 5.88 Å². The first kappa shape index (κ1) is 19.2. The number of hydrogen-bond acceptors (Lipinski definition) is 5. The molecule has 3 aromatic rings. The predicted molar refractivity (Wildman–Crippen MR) is 115 cm³/mol. The summed E-state index contributed by atoms with van der Waals surface area (Å²) in [5, 5.41) is 10.5. The summed E-state index contributed by atoms with van der Waals surface area (Å²) >= 11 is 6.52. The highest BCUT2D eigenvalue weighted by Crippen LogP contribution is 2.40. The third-order valence-electron chi connectivity index (χ3n) is 6.29. The van der Waals surface area contributed by atoms with Gasteiger partial charge in [-0.3, -0.25) is 0 Å². The minimum atomic E-state index is -0.992. The van der Waals surface area contributed by atoms with Gasteiger partial charge in [0.2, 0.25) is 5.88 Å². The highest BCUT2D eigenvalue weighted by molar-refractivity contribution is 6.34. The number of methoxy groups -OCH3 is 1. The molecule has 1 spiro atoms. The number of aromatic nitrogens is 2. The Hall–Kier alpha value is -2.77. The van der Waals surface area contributed by atoms with Crippen molar-refractivity contribution in [3.63, 3.8) is 0 Å². The minimum Gasteiger partial charge on any atom is -0.480 e. The molecule has 2 aromatic heterocycles. The second-order valence-corrected chi connectivity index (χ2v) is 8.29. The molecular weight excluding hydrogens is 406 g/mol. The molecule has 156 valence electrons. The second-order valence-electron chi connectivity index (χ2n) is 7.88. The summed E-state index contributed by atoms with van der Waals surface area (Å²) < 4.78 is 11.4. The van der Waals surface area contributed by atoms with Gasteiger partial charge in [-0.2, -0.15) is 4.98 Å². The fourth-order valence-electron chi connectivity index (χ4n) is 4.42. The molecule has 2 aliphatic heterocycles. The molecule has 2 N–H and O–H groups in total. The molecule has 2 fully saturated rings. The number of nitrogens with one attached hydrogen (secondary N) is 1. The molecule has 0 unspecified atom stereocenters. The van der Waals surface area contributed by atoms with Crippen LogP contribution in [0.3, 0.4) is 0 Å². The number of rotatable bonds is 4. The molecule has 0 atom stereocenters. The molecule has 7 nitrogen and oxygen atoms in total. The Bertz CT molecular complexity index is 1130. The third-order valence-corrected chi connectivity index (χ3v) is 6.61. The van der Waals surface area contributed by atoms with Crippen molar-refractivity contribution in [3.8, 4) is 17.0 Å². The van der Waals surface area contributed by atoms with Crippen LogP contribution in [0.1, 0.15) is 29.6 Å². The van der Waals surface area contributed by atoms with Crippen LogP contribution in [0.25, 0.3) is 22.0 Å². The number of fused-ring (bicyclic) bond motifs is 1. The number of carbonyl (C=O) groups is 1. The summed E-state index contributed by atoms with van der Waals surface area (Å²) in [6.45, 7) is 2.66. The number of carboxylic acid groups (broad SMARTS) is 1. The summed E-state index contributed by atoms with van der Waals surface area (Å²) in [5.41, 5.74) is 2.36. The van der Waals surface area contributed by atoms with Crippen LogP contribution in [0.2, 0.25) is 5.02 Å². The van der Waals surface area contributed by atoms with Gasteiger partial charge in [-0.1, -0.05) is 11.6 Å². The fraction of sp³-hybridized carbons (Fsp3) is 0.364. The summed E-state index contributed by atoms with van der Waals surface area (Å²) in [6.07, 6.45) is 4.63. The number of aromatic carboxylic acids is 1. The highest BCUT2D eigenvalue weighted by Gasteiger charge is 2.41. The summed E-state index contributed by atoms with van der Waals surface area (Å²) in [5.74, 6) is 0.324. The van der Waals surface area contributed by atoms with E-state index < -0.39 is 5.97 Å². The maximum Gasteiger partial charge on any atom is 0.337 e. The maximum atomic E-state index is 11.5. The van der Waals surface area contributed by atoms with Crippen molar-refractivity contribution in [2.45, 2.75) is 24.9 Å². The summed E-state index contributed by atoms with van der Waals surface area (Å²) in [6, 6.07) is 7.41. The lowest BCUT2D eigenvalue weighted by Gasteiger charge is -2.47. The average Bonchev–Trinajstić information content (AvgIpc) is 3.14. The zero-order valence-corrected chi connectivity index (χ0v) is 17.3. The number of anilines is 1. The van der Waals surface area contributed by atoms with Gasteiger partial charge in [-0.05, 0) is 43.5 Å². The van der Waals surface area contributed by atoms with Gasteiger partial charge in [0.25, 0.3) is 0 Å². The van der Waals surface area contributed by atoms with Crippen molar-refractivity contribution in [1.82, 2.24) is 9.97 Å². The van der Waals surface area contributed by atoms with Gasteiger partial charge in [0.1, 0.15) is 5.82 Å². The average molecular weight is 428 g/mol. The molecule has 0 saturated carbocycles. The second kappa shape index (κ2) is 7.18. The Morgan fingerprint density at radius 1 is 1.27 bits per heavy atom. The van der Waals surface area contributed by atoms with Crippen LogP contribution in [0.4, 0.5) is 5.82 Å². The number of nitrogens with zero attached hydrogens (tertiary/aromatic N) is 2. The molecule has 0 amide bonds. The van der Waals surface area contributed by atoms with Crippen LogP contribution in [-0.4, -0.2) is 53.5 Å². The topological polar surface area (TPSA) is 87.7 Å². The Morgan fingerprint density at radius 2 is 2.03 bits per heavy atom. The number of H-pyrrole nitrogens is 1. The summed E-state index contributed by atoms with van der Waals surface area (Å²) in [7, 11) is 1.58. The number of pyridine rings is 1. The third kappa shape index (κ3) is 3.09. The van der Waals surface area contributed by atoms with Crippen molar-refractivity contribution in [2.24, 2.45) is 0 Å². The normalized spacial score (nSPS) is 17.9. The maximum absolute atomic E-state index is 11.5. The molecule has 0 bridgehead atoms. The van der Waals surface area contributed by atoms with E-state index in [-0.39, 0.29) is 11.2 Å². The van der Waals surface area contributed by atoms with Gasteiger partial charge in [0.05, 0.1) is 29.9 Å². The molecule has 2 saturated heterocycles. The number of halogens is 1. The number of carboxylic acids is 1. The number of piperidine rings is 1. The molecule has 5 rings (SSSR count). The lowest BCUT2D eigenvalue weighted by molar-refractivity contribution is -0.158. The fourth-order valence-corrected chi connectivity index (χ4v) is 4.69. The molecule has 8 heteroatoms. The van der Waals surface area contributed by atoms with E-state index in [1.165, 1.54) is 6.20 Å².